The van der Waals surface area contributed by atoms with Crippen LogP contribution in [0.4, 0.5) is 0 Å². The second-order valence-electron chi connectivity index (χ2n) is 8.53. The normalized spacial score (nSPS) is 21.4. The number of nitrogens with zero attached hydrogens (tertiary/aromatic N) is 4. The van der Waals surface area contributed by atoms with Crippen LogP contribution >= 0.6 is 0 Å². The molecule has 2 rings (SSSR count). The highest BCUT2D eigenvalue weighted by atomic mass is 16.5. The average Bonchev–Trinajstić information content (AvgIpc) is 3.02. The van der Waals surface area contributed by atoms with E-state index >= 15 is 0 Å². The summed E-state index contributed by atoms with van der Waals surface area (Å²) in [4.78, 5) is 34.1. The van der Waals surface area contributed by atoms with E-state index in [2.05, 4.69) is 30.7 Å². The molecule has 7 heteroatoms. The second-order valence-corrected chi connectivity index (χ2v) is 8.53. The molecule has 7 nitrogen and oxygen atoms in total. The van der Waals surface area contributed by atoms with E-state index in [1.807, 2.05) is 61.8 Å². The number of hydrogen-bond acceptors (Lipinski definition) is 5. The standard InChI is InChI=1S/C23H36N4O3/c1-9-11-26-17(4)23(26,6)27(12-10-21(28)30-8)22(29)19(13-16(2)3)14-20-15-25(7)18(5)24-20/h9,11,14-17H,10,12-13H2,1-8H3/b11-9?,19-14+. The summed E-state index contributed by atoms with van der Waals surface area (Å²) in [7, 11) is 3.31. The topological polar surface area (TPSA) is 67.4 Å². The minimum atomic E-state index is -0.478. The van der Waals surface area contributed by atoms with Crippen LogP contribution in [-0.4, -0.2) is 56.6 Å². The zero-order valence-electron chi connectivity index (χ0n) is 19.6. The van der Waals surface area contributed by atoms with Crippen molar-refractivity contribution in [2.45, 2.75) is 66.1 Å². The Bertz CT molecular complexity index is 820. The number of carbonyl (C=O) groups excluding carboxylic acids is 2. The summed E-state index contributed by atoms with van der Waals surface area (Å²) in [5.74, 6) is 0.819. The molecule has 0 saturated carbocycles. The summed E-state index contributed by atoms with van der Waals surface area (Å²) < 4.78 is 6.76. The van der Waals surface area contributed by atoms with E-state index in [0.29, 0.717) is 24.5 Å². The molecule has 0 spiro atoms. The predicted molar refractivity (Wildman–Crippen MR) is 118 cm³/mol. The summed E-state index contributed by atoms with van der Waals surface area (Å²) in [5.41, 5.74) is 0.994. The van der Waals surface area contributed by atoms with Crippen LogP contribution in [0.5, 0.6) is 0 Å². The molecule has 1 aliphatic heterocycles. The molecular formula is C23H36N4O3. The Balaban J connectivity index is 2.42. The quantitative estimate of drug-likeness (QED) is 0.350. The molecule has 0 radical (unpaired) electrons. The molecule has 0 aliphatic carbocycles. The van der Waals surface area contributed by atoms with E-state index in [1.165, 1.54) is 7.11 Å². The van der Waals surface area contributed by atoms with Gasteiger partial charge in [-0.1, -0.05) is 19.9 Å². The fourth-order valence-electron chi connectivity index (χ4n) is 3.87. The van der Waals surface area contributed by atoms with Crippen LogP contribution in [-0.2, 0) is 21.4 Å². The maximum Gasteiger partial charge on any atom is 0.307 e. The third-order valence-electron chi connectivity index (χ3n) is 5.88. The number of methoxy groups -OCH3 is 1. The number of amides is 1. The summed E-state index contributed by atoms with van der Waals surface area (Å²) in [6.45, 7) is 12.5. The van der Waals surface area contributed by atoms with E-state index in [1.54, 1.807) is 0 Å². The minimum Gasteiger partial charge on any atom is -0.469 e. The van der Waals surface area contributed by atoms with Gasteiger partial charge in [-0.2, -0.15) is 0 Å². The minimum absolute atomic E-state index is 0.0581. The maximum atomic E-state index is 13.8. The van der Waals surface area contributed by atoms with Crippen molar-refractivity contribution in [2.75, 3.05) is 13.7 Å². The first-order chi connectivity index (χ1) is 14.1. The molecule has 0 aromatic carbocycles. The van der Waals surface area contributed by atoms with Crippen LogP contribution in [0.3, 0.4) is 0 Å². The van der Waals surface area contributed by atoms with Crippen molar-refractivity contribution < 1.29 is 14.3 Å². The molecule has 1 amide bonds. The largest absolute Gasteiger partial charge is 0.469 e. The number of hydrogen-bond donors (Lipinski definition) is 0. The monoisotopic (exact) mass is 416 g/mol. The first-order valence-electron chi connectivity index (χ1n) is 10.6. The van der Waals surface area contributed by atoms with Gasteiger partial charge < -0.3 is 19.1 Å². The highest BCUT2D eigenvalue weighted by molar-refractivity contribution is 5.98. The lowest BCUT2D eigenvalue weighted by Gasteiger charge is -2.31. The molecule has 1 fully saturated rings. The van der Waals surface area contributed by atoms with Gasteiger partial charge in [-0.3, -0.25) is 9.59 Å². The number of carbonyl (C=O) groups is 2. The lowest BCUT2D eigenvalue weighted by molar-refractivity contribution is -0.142. The Morgan fingerprint density at radius 3 is 2.57 bits per heavy atom. The van der Waals surface area contributed by atoms with Crippen molar-refractivity contribution in [1.29, 1.82) is 0 Å². The molecule has 2 atom stereocenters. The zero-order valence-corrected chi connectivity index (χ0v) is 19.6. The van der Waals surface area contributed by atoms with E-state index in [0.717, 1.165) is 11.5 Å². The summed E-state index contributed by atoms with van der Waals surface area (Å²) in [6.07, 6.45) is 8.57. The van der Waals surface area contributed by atoms with Gasteiger partial charge in [0.15, 0.2) is 0 Å². The van der Waals surface area contributed by atoms with Crippen LogP contribution in [0, 0.1) is 12.8 Å². The predicted octanol–water partition coefficient (Wildman–Crippen LogP) is 3.50. The number of esters is 1. The Morgan fingerprint density at radius 2 is 2.07 bits per heavy atom. The average molecular weight is 417 g/mol. The number of imidazole rings is 1. The van der Waals surface area contributed by atoms with E-state index in [9.17, 15) is 9.59 Å². The molecule has 2 unspecified atom stereocenters. The van der Waals surface area contributed by atoms with Crippen LogP contribution < -0.4 is 0 Å². The van der Waals surface area contributed by atoms with Gasteiger partial charge in [0, 0.05) is 25.4 Å². The fourth-order valence-corrected chi connectivity index (χ4v) is 3.87. The van der Waals surface area contributed by atoms with Crippen LogP contribution in [0.15, 0.2) is 24.0 Å². The number of rotatable bonds is 9. The molecule has 1 aliphatic rings. The third-order valence-corrected chi connectivity index (χ3v) is 5.88. The van der Waals surface area contributed by atoms with Gasteiger partial charge in [-0.15, -0.1) is 0 Å². The molecule has 0 N–H and O–H groups in total. The summed E-state index contributed by atoms with van der Waals surface area (Å²) >= 11 is 0. The SMILES string of the molecule is CC=CN1C(C)C1(C)N(CCC(=O)OC)C(=O)/C(=C/c1cn(C)c(C)n1)CC(C)C. The van der Waals surface area contributed by atoms with Crippen LogP contribution in [0.2, 0.25) is 0 Å². The van der Waals surface area contributed by atoms with E-state index < -0.39 is 5.66 Å². The first-order valence-corrected chi connectivity index (χ1v) is 10.6. The summed E-state index contributed by atoms with van der Waals surface area (Å²) in [6, 6.07) is 0.160. The number of aromatic nitrogens is 2. The van der Waals surface area contributed by atoms with Crippen LogP contribution in [0.1, 0.15) is 59.0 Å². The molecule has 2 heterocycles. The number of allylic oxidation sites excluding steroid dienone is 1. The van der Waals surface area contributed by atoms with Gasteiger partial charge in [-0.25, -0.2) is 4.98 Å². The lowest BCUT2D eigenvalue weighted by atomic mass is 9.99. The molecule has 1 aromatic heterocycles. The Labute approximate surface area is 180 Å². The van der Waals surface area contributed by atoms with Gasteiger partial charge in [0.1, 0.15) is 11.5 Å². The zero-order chi connectivity index (χ0) is 22.6. The first kappa shape index (κ1) is 23.7. The van der Waals surface area contributed by atoms with Crippen molar-refractivity contribution >= 4 is 18.0 Å². The van der Waals surface area contributed by atoms with Crippen molar-refractivity contribution in [3.05, 3.63) is 35.6 Å². The van der Waals surface area contributed by atoms with Crippen molar-refractivity contribution in [3.63, 3.8) is 0 Å². The lowest BCUT2D eigenvalue weighted by Crippen LogP contribution is -2.46. The maximum absolute atomic E-state index is 13.8. The summed E-state index contributed by atoms with van der Waals surface area (Å²) in [5, 5.41) is 0. The van der Waals surface area contributed by atoms with Crippen LogP contribution in [0.25, 0.3) is 6.08 Å². The van der Waals surface area contributed by atoms with E-state index in [4.69, 9.17) is 4.74 Å². The molecule has 1 aromatic rings. The van der Waals surface area contributed by atoms with Crippen molar-refractivity contribution in [1.82, 2.24) is 19.4 Å². The van der Waals surface area contributed by atoms with Gasteiger partial charge in [0.05, 0.1) is 25.3 Å². The van der Waals surface area contributed by atoms with E-state index in [-0.39, 0.29) is 24.3 Å². The highest BCUT2D eigenvalue weighted by Crippen LogP contribution is 2.45. The van der Waals surface area contributed by atoms with Gasteiger partial charge in [0.2, 0.25) is 0 Å². The molecule has 1 saturated heterocycles. The fraction of sp³-hybridized carbons (Fsp3) is 0.609. The Kier molecular flexibility index (Phi) is 7.50. The molecule has 166 valence electrons. The molecular weight excluding hydrogens is 380 g/mol. The Hall–Kier alpha value is -2.57. The van der Waals surface area contributed by atoms with Gasteiger partial charge in [0.25, 0.3) is 5.91 Å². The van der Waals surface area contributed by atoms with Crippen molar-refractivity contribution in [3.8, 4) is 0 Å². The third kappa shape index (κ3) is 4.94. The van der Waals surface area contributed by atoms with Gasteiger partial charge >= 0.3 is 5.97 Å². The number of aryl methyl sites for hydroxylation is 2. The second kappa shape index (κ2) is 9.49. The smallest absolute Gasteiger partial charge is 0.307 e. The van der Waals surface area contributed by atoms with Crippen molar-refractivity contribution in [2.24, 2.45) is 13.0 Å². The number of ether oxygens (including phenoxy) is 1. The van der Waals surface area contributed by atoms with Gasteiger partial charge in [-0.05, 0) is 52.3 Å². The molecule has 0 bridgehead atoms. The molecule has 30 heavy (non-hydrogen) atoms. The Morgan fingerprint density at radius 1 is 1.40 bits per heavy atom. The highest BCUT2D eigenvalue weighted by Gasteiger charge is 2.60.